The van der Waals surface area contributed by atoms with E-state index in [2.05, 4.69) is 10.1 Å². The van der Waals surface area contributed by atoms with Crippen LogP contribution in [0.15, 0.2) is 24.3 Å². The number of nitrogens with zero attached hydrogens (tertiary/aromatic N) is 1. The van der Waals surface area contributed by atoms with Crippen LogP contribution in [0.2, 0.25) is 0 Å². The number of carbonyl (C=O) groups is 4. The van der Waals surface area contributed by atoms with E-state index in [1.807, 2.05) is 24.3 Å². The lowest BCUT2D eigenvalue weighted by atomic mass is 9.83. The lowest BCUT2D eigenvalue weighted by molar-refractivity contribution is -0.149. The van der Waals surface area contributed by atoms with Crippen molar-refractivity contribution in [3.8, 4) is 0 Å². The molecule has 1 aromatic carbocycles. The first-order chi connectivity index (χ1) is 16.9. The van der Waals surface area contributed by atoms with Gasteiger partial charge in [-0.25, -0.2) is 4.79 Å². The van der Waals surface area contributed by atoms with Crippen LogP contribution in [0.25, 0.3) is 0 Å². The van der Waals surface area contributed by atoms with Crippen molar-refractivity contribution in [2.45, 2.75) is 70.3 Å². The molecular weight excluding hydrogens is 452 g/mol. The fourth-order valence-electron chi connectivity index (χ4n) is 4.84. The second-order valence-electron chi connectivity index (χ2n) is 9.35. The van der Waals surface area contributed by atoms with Gasteiger partial charge >= 0.3 is 18.0 Å². The minimum Gasteiger partial charge on any atom is -0.469 e. The minimum absolute atomic E-state index is 0.0556. The summed E-state index contributed by atoms with van der Waals surface area (Å²) in [6.45, 7) is 2.02. The zero-order valence-corrected chi connectivity index (χ0v) is 20.6. The summed E-state index contributed by atoms with van der Waals surface area (Å²) >= 11 is 0. The highest BCUT2D eigenvalue weighted by atomic mass is 16.7. The van der Waals surface area contributed by atoms with Gasteiger partial charge in [-0.05, 0) is 74.5 Å². The molecule has 0 aromatic heterocycles. The fourth-order valence-corrected chi connectivity index (χ4v) is 4.84. The number of methoxy groups -OCH3 is 1. The van der Waals surface area contributed by atoms with Crippen LogP contribution in [-0.4, -0.2) is 61.9 Å². The van der Waals surface area contributed by atoms with E-state index < -0.39 is 12.1 Å². The summed E-state index contributed by atoms with van der Waals surface area (Å²) in [6, 6.07) is 7.90. The Balaban J connectivity index is 1.39. The molecule has 35 heavy (non-hydrogen) atoms. The van der Waals surface area contributed by atoms with Crippen LogP contribution < -0.4 is 5.32 Å². The maximum absolute atomic E-state index is 12.7. The Morgan fingerprint density at radius 1 is 0.943 bits per heavy atom. The summed E-state index contributed by atoms with van der Waals surface area (Å²) in [6.07, 6.45) is 6.31. The molecule has 1 saturated carbocycles. The fraction of sp³-hybridized carbons (Fsp3) is 0.615. The zero-order chi connectivity index (χ0) is 25.2. The first-order valence-electron chi connectivity index (χ1n) is 12.4. The highest BCUT2D eigenvalue weighted by molar-refractivity contribution is 5.94. The summed E-state index contributed by atoms with van der Waals surface area (Å²) in [5, 5.41) is 3.15. The van der Waals surface area contributed by atoms with Crippen molar-refractivity contribution in [3.63, 3.8) is 0 Å². The van der Waals surface area contributed by atoms with Gasteiger partial charge in [-0.15, -0.1) is 0 Å². The second-order valence-corrected chi connectivity index (χ2v) is 9.35. The second kappa shape index (κ2) is 13.1. The quantitative estimate of drug-likeness (QED) is 0.438. The maximum Gasteiger partial charge on any atom is 0.412 e. The molecule has 1 saturated heterocycles. The van der Waals surface area contributed by atoms with Crippen LogP contribution in [0.5, 0.6) is 0 Å². The molecule has 9 heteroatoms. The van der Waals surface area contributed by atoms with Crippen LogP contribution in [0.4, 0.5) is 4.79 Å². The normalized spacial score (nSPS) is 20.6. The number of nitrogens with one attached hydrogen (secondary N) is 1. The molecule has 2 amide bonds. The SMILES string of the molecule is COC(=O)CC[C@H]1CC[C@H](NC(=O)c2ccc(C3CCN(C(=O)OCOC(C)=O)CC3)cc2)CC1. The van der Waals surface area contributed by atoms with E-state index in [9.17, 15) is 19.2 Å². The van der Waals surface area contributed by atoms with Crippen molar-refractivity contribution >= 4 is 23.9 Å². The van der Waals surface area contributed by atoms with Crippen LogP contribution in [0.1, 0.15) is 80.1 Å². The molecule has 0 bridgehead atoms. The van der Waals surface area contributed by atoms with Crippen molar-refractivity contribution in [3.05, 3.63) is 35.4 Å². The van der Waals surface area contributed by atoms with Crippen LogP contribution in [0, 0.1) is 5.92 Å². The van der Waals surface area contributed by atoms with Crippen LogP contribution in [0.3, 0.4) is 0 Å². The topological polar surface area (TPSA) is 111 Å². The Bertz CT molecular complexity index is 870. The van der Waals surface area contributed by atoms with Gasteiger partial charge in [0, 0.05) is 38.0 Å². The molecular formula is C26H36N2O7. The summed E-state index contributed by atoms with van der Waals surface area (Å²) < 4.78 is 14.3. The zero-order valence-electron chi connectivity index (χ0n) is 20.6. The molecule has 1 aliphatic heterocycles. The smallest absolute Gasteiger partial charge is 0.412 e. The number of piperidine rings is 1. The predicted octanol–water partition coefficient (Wildman–Crippen LogP) is 3.77. The standard InChI is InChI=1S/C26H36N2O7/c1-18(29)34-17-35-26(32)28-15-13-21(14-16-28)20-6-8-22(9-7-20)25(31)27-23-10-3-19(4-11-23)5-12-24(30)33-2/h6-9,19,21,23H,3-5,10-17H2,1-2H3,(H,27,31)/t19-,23-. The van der Waals surface area contributed by atoms with Gasteiger partial charge in [0.2, 0.25) is 6.79 Å². The Morgan fingerprint density at radius 3 is 2.20 bits per heavy atom. The molecule has 1 heterocycles. The van der Waals surface area contributed by atoms with Crippen molar-refractivity contribution in [2.75, 3.05) is 27.0 Å². The summed E-state index contributed by atoms with van der Waals surface area (Å²) in [5.74, 6) is 0.121. The highest BCUT2D eigenvalue weighted by Crippen LogP contribution is 2.30. The molecule has 192 valence electrons. The van der Waals surface area contributed by atoms with Gasteiger partial charge in [0.1, 0.15) is 0 Å². The largest absolute Gasteiger partial charge is 0.469 e. The maximum atomic E-state index is 12.7. The number of hydrogen-bond acceptors (Lipinski definition) is 7. The Kier molecular flexibility index (Phi) is 9.93. The van der Waals surface area contributed by atoms with E-state index in [1.165, 1.54) is 14.0 Å². The number of carbonyl (C=O) groups excluding carboxylic acids is 4. The number of benzene rings is 1. The third-order valence-electron chi connectivity index (χ3n) is 7.01. The van der Waals surface area contributed by atoms with Crippen molar-refractivity contribution < 1.29 is 33.4 Å². The van der Waals surface area contributed by atoms with E-state index >= 15 is 0 Å². The van der Waals surface area contributed by atoms with Gasteiger partial charge in [0.25, 0.3) is 5.91 Å². The predicted molar refractivity (Wildman–Crippen MR) is 128 cm³/mol. The van der Waals surface area contributed by atoms with Crippen LogP contribution >= 0.6 is 0 Å². The van der Waals surface area contributed by atoms with Crippen LogP contribution in [-0.2, 0) is 23.8 Å². The lowest BCUT2D eigenvalue weighted by Crippen LogP contribution is -2.38. The molecule has 3 rings (SSSR count). The van der Waals surface area contributed by atoms with Gasteiger partial charge in [-0.3, -0.25) is 14.4 Å². The molecule has 0 unspecified atom stereocenters. The highest BCUT2D eigenvalue weighted by Gasteiger charge is 2.26. The third kappa shape index (κ3) is 8.26. The average molecular weight is 489 g/mol. The molecule has 2 aliphatic rings. The average Bonchev–Trinajstić information content (AvgIpc) is 2.88. The van der Waals surface area contributed by atoms with E-state index in [1.54, 1.807) is 4.90 Å². The number of esters is 2. The lowest BCUT2D eigenvalue weighted by Gasteiger charge is -2.31. The van der Waals surface area contributed by atoms with Gasteiger partial charge in [-0.2, -0.15) is 0 Å². The monoisotopic (exact) mass is 488 g/mol. The minimum atomic E-state index is -0.492. The number of rotatable bonds is 8. The van der Waals surface area contributed by atoms with Crippen molar-refractivity contribution in [1.82, 2.24) is 10.2 Å². The van der Waals surface area contributed by atoms with Crippen molar-refractivity contribution in [1.29, 1.82) is 0 Å². The van der Waals surface area contributed by atoms with Crippen molar-refractivity contribution in [2.24, 2.45) is 5.92 Å². The van der Waals surface area contributed by atoms with Gasteiger partial charge in [-0.1, -0.05) is 12.1 Å². The number of ether oxygens (including phenoxy) is 3. The van der Waals surface area contributed by atoms with E-state index in [-0.39, 0.29) is 24.7 Å². The Hall–Kier alpha value is -3.10. The molecule has 0 radical (unpaired) electrons. The van der Waals surface area contributed by atoms with E-state index in [0.717, 1.165) is 50.5 Å². The molecule has 0 spiro atoms. The Labute approximate surface area is 206 Å². The van der Waals surface area contributed by atoms with Gasteiger partial charge < -0.3 is 24.4 Å². The first kappa shape index (κ1) is 26.5. The molecule has 9 nitrogen and oxygen atoms in total. The summed E-state index contributed by atoms with van der Waals surface area (Å²) in [5.41, 5.74) is 1.80. The molecule has 1 aliphatic carbocycles. The molecule has 1 N–H and O–H groups in total. The van der Waals surface area contributed by atoms with Gasteiger partial charge in [0.05, 0.1) is 7.11 Å². The molecule has 1 aromatic rings. The summed E-state index contributed by atoms with van der Waals surface area (Å²) in [7, 11) is 1.42. The number of amides is 2. The van der Waals surface area contributed by atoms with E-state index in [0.29, 0.717) is 36.9 Å². The number of hydrogen-bond donors (Lipinski definition) is 1. The summed E-state index contributed by atoms with van der Waals surface area (Å²) in [4.78, 5) is 48.5. The van der Waals surface area contributed by atoms with Gasteiger partial charge in [0.15, 0.2) is 0 Å². The first-order valence-corrected chi connectivity index (χ1v) is 12.4. The van der Waals surface area contributed by atoms with E-state index in [4.69, 9.17) is 9.47 Å². The Morgan fingerprint density at radius 2 is 1.60 bits per heavy atom. The number of likely N-dealkylation sites (tertiary alicyclic amines) is 1. The molecule has 2 fully saturated rings. The third-order valence-corrected chi connectivity index (χ3v) is 7.01. The molecule has 0 atom stereocenters.